The second kappa shape index (κ2) is 22.7. The number of hydrogen-bond acceptors (Lipinski definition) is 4. The molecule has 1 aliphatic rings. The molecule has 2 atom stereocenters. The second-order valence-electron chi connectivity index (χ2n) is 11.3. The van der Waals surface area contributed by atoms with Crippen LogP contribution in [0.5, 0.6) is 0 Å². The molecule has 1 aliphatic carbocycles. The van der Waals surface area contributed by atoms with E-state index in [9.17, 15) is 14.4 Å². The number of carbonyl (C=O) groups is 3. The first-order valence-electron chi connectivity index (χ1n) is 15.9. The van der Waals surface area contributed by atoms with E-state index in [0.717, 1.165) is 83.5 Å². The zero-order valence-corrected chi connectivity index (χ0v) is 25.2. The van der Waals surface area contributed by atoms with Crippen LogP contribution in [0.4, 0.5) is 0 Å². The number of rotatable bonds is 23. The van der Waals surface area contributed by atoms with E-state index in [0.29, 0.717) is 12.8 Å². The van der Waals surface area contributed by atoms with E-state index in [4.69, 9.17) is 4.74 Å². The molecule has 0 aromatic carbocycles. The normalized spacial score (nSPS) is 15.2. The summed E-state index contributed by atoms with van der Waals surface area (Å²) in [5.41, 5.74) is 0. The van der Waals surface area contributed by atoms with Gasteiger partial charge in [-0.25, -0.2) is 4.79 Å². The van der Waals surface area contributed by atoms with Crippen molar-refractivity contribution in [3.8, 4) is 0 Å². The van der Waals surface area contributed by atoms with Gasteiger partial charge in [0.25, 0.3) is 0 Å². The van der Waals surface area contributed by atoms with E-state index >= 15 is 0 Å². The Kier molecular flexibility index (Phi) is 20.3. The maximum Gasteiger partial charge on any atom is 0.328 e. The number of nitrogens with zero attached hydrogens (tertiary/aromatic N) is 1. The van der Waals surface area contributed by atoms with Gasteiger partial charge in [0.2, 0.25) is 11.8 Å². The van der Waals surface area contributed by atoms with Crippen molar-refractivity contribution < 1.29 is 19.1 Å². The van der Waals surface area contributed by atoms with Crippen LogP contribution < -0.4 is 5.32 Å². The van der Waals surface area contributed by atoms with Gasteiger partial charge in [-0.15, -0.1) is 13.2 Å². The average molecular weight is 547 g/mol. The monoisotopic (exact) mass is 546 g/mol. The predicted octanol–water partition coefficient (Wildman–Crippen LogP) is 7.81. The highest BCUT2D eigenvalue weighted by molar-refractivity contribution is 5.91. The van der Waals surface area contributed by atoms with Gasteiger partial charge in [-0.05, 0) is 58.3 Å². The summed E-state index contributed by atoms with van der Waals surface area (Å²) in [6.07, 6.45) is 25.2. The molecule has 0 saturated heterocycles. The Hall–Kier alpha value is -2.11. The quantitative estimate of drug-likeness (QED) is 0.0805. The third-order valence-corrected chi connectivity index (χ3v) is 8.02. The second-order valence-corrected chi connectivity index (χ2v) is 11.3. The summed E-state index contributed by atoms with van der Waals surface area (Å²) in [5, 5.41) is 3.24. The number of hydrogen-bond donors (Lipinski definition) is 1. The number of methoxy groups -OCH3 is 1. The van der Waals surface area contributed by atoms with Crippen LogP contribution in [0.2, 0.25) is 0 Å². The highest BCUT2D eigenvalue weighted by atomic mass is 16.5. The molecule has 0 aliphatic heterocycles. The molecule has 6 heteroatoms. The van der Waals surface area contributed by atoms with Crippen LogP contribution in [0.15, 0.2) is 25.3 Å². The number of nitrogens with one attached hydrogen (secondary N) is 1. The van der Waals surface area contributed by atoms with E-state index in [1.807, 2.05) is 12.2 Å². The topological polar surface area (TPSA) is 75.7 Å². The summed E-state index contributed by atoms with van der Waals surface area (Å²) in [4.78, 5) is 41.4. The Morgan fingerprint density at radius 2 is 1.33 bits per heavy atom. The van der Waals surface area contributed by atoms with Gasteiger partial charge in [-0.1, -0.05) is 89.2 Å². The van der Waals surface area contributed by atoms with Crippen molar-refractivity contribution in [1.29, 1.82) is 0 Å². The molecule has 1 rings (SSSR count). The molecule has 1 N–H and O–H groups in total. The van der Waals surface area contributed by atoms with Crippen molar-refractivity contribution in [2.45, 2.75) is 160 Å². The first kappa shape index (κ1) is 34.9. The average Bonchev–Trinajstić information content (AvgIpc) is 2.94. The molecule has 0 radical (unpaired) electrons. The summed E-state index contributed by atoms with van der Waals surface area (Å²) in [5.74, 6) is -0.699. The Bertz CT molecular complexity index is 702. The molecule has 1 fully saturated rings. The van der Waals surface area contributed by atoms with Crippen LogP contribution in [0.3, 0.4) is 0 Å². The first-order chi connectivity index (χ1) is 19.0. The summed E-state index contributed by atoms with van der Waals surface area (Å²) >= 11 is 0. The Labute approximate surface area is 239 Å². The van der Waals surface area contributed by atoms with Gasteiger partial charge in [-0.2, -0.15) is 0 Å². The molecule has 224 valence electrons. The number of allylic oxidation sites excluding steroid dienone is 2. The van der Waals surface area contributed by atoms with Crippen molar-refractivity contribution in [2.24, 2.45) is 0 Å². The van der Waals surface area contributed by atoms with Crippen molar-refractivity contribution in [2.75, 3.05) is 7.11 Å². The van der Waals surface area contributed by atoms with Gasteiger partial charge in [0.1, 0.15) is 12.1 Å². The van der Waals surface area contributed by atoms with E-state index < -0.39 is 18.1 Å². The van der Waals surface area contributed by atoms with Gasteiger partial charge in [0, 0.05) is 12.5 Å². The molecule has 0 aromatic heterocycles. The SMILES string of the molecule is C=CCCCCCCCCC(=O)N(C(CCCCCCCCC=C)C(=O)NC1CCCCC1)[C@H](C)C(=O)OC. The largest absolute Gasteiger partial charge is 0.467 e. The molecule has 39 heavy (non-hydrogen) atoms. The zero-order valence-electron chi connectivity index (χ0n) is 25.2. The number of unbranched alkanes of at least 4 members (excludes halogenated alkanes) is 12. The number of carbonyl (C=O) groups excluding carboxylic acids is 3. The first-order valence-corrected chi connectivity index (χ1v) is 15.9. The molecule has 0 heterocycles. The molecule has 2 amide bonds. The maximum atomic E-state index is 13.6. The molecule has 0 bridgehead atoms. The lowest BCUT2D eigenvalue weighted by Gasteiger charge is -2.36. The van der Waals surface area contributed by atoms with Crippen LogP contribution in [0.1, 0.15) is 142 Å². The highest BCUT2D eigenvalue weighted by Gasteiger charge is 2.37. The van der Waals surface area contributed by atoms with Crippen LogP contribution >= 0.6 is 0 Å². The Morgan fingerprint density at radius 1 is 0.821 bits per heavy atom. The van der Waals surface area contributed by atoms with Crippen LogP contribution in [-0.2, 0) is 19.1 Å². The van der Waals surface area contributed by atoms with Crippen LogP contribution in [0, 0.1) is 0 Å². The Morgan fingerprint density at radius 3 is 1.87 bits per heavy atom. The molecule has 6 nitrogen and oxygen atoms in total. The molecule has 1 saturated carbocycles. The molecular weight excluding hydrogens is 488 g/mol. The van der Waals surface area contributed by atoms with Crippen molar-refractivity contribution in [3.05, 3.63) is 25.3 Å². The van der Waals surface area contributed by atoms with E-state index in [1.54, 1.807) is 11.8 Å². The fraction of sp³-hybridized carbons (Fsp3) is 0.788. The number of amides is 2. The lowest BCUT2D eigenvalue weighted by Crippen LogP contribution is -2.56. The van der Waals surface area contributed by atoms with Gasteiger partial charge < -0.3 is 15.0 Å². The smallest absolute Gasteiger partial charge is 0.328 e. The van der Waals surface area contributed by atoms with Gasteiger partial charge in [0.05, 0.1) is 7.11 Å². The minimum Gasteiger partial charge on any atom is -0.467 e. The van der Waals surface area contributed by atoms with Crippen molar-refractivity contribution in [3.63, 3.8) is 0 Å². The molecule has 1 unspecified atom stereocenters. The molecular formula is C33H58N2O4. The maximum absolute atomic E-state index is 13.6. The lowest BCUT2D eigenvalue weighted by molar-refractivity contribution is -0.156. The summed E-state index contributed by atoms with van der Waals surface area (Å²) in [6, 6.07) is -1.28. The minimum absolute atomic E-state index is 0.112. The third-order valence-electron chi connectivity index (χ3n) is 8.02. The lowest BCUT2D eigenvalue weighted by atomic mass is 9.94. The highest BCUT2D eigenvalue weighted by Crippen LogP contribution is 2.22. The minimum atomic E-state index is -0.789. The molecule has 0 spiro atoms. The third kappa shape index (κ3) is 15.3. The van der Waals surface area contributed by atoms with E-state index in [-0.39, 0.29) is 17.9 Å². The fourth-order valence-corrected chi connectivity index (χ4v) is 5.62. The van der Waals surface area contributed by atoms with E-state index in [1.165, 1.54) is 45.6 Å². The van der Waals surface area contributed by atoms with Crippen molar-refractivity contribution >= 4 is 17.8 Å². The standard InChI is InChI=1S/C33H58N2O4/c1-5-7-9-11-13-15-17-22-26-30(32(37)34-29-24-20-19-21-25-29)35(28(3)33(38)39-4)31(36)27-23-18-16-14-12-10-8-6-2/h5-6,28-30H,1-2,7-27H2,3-4H3,(H,34,37)/t28-,30?/m1/s1. The van der Waals surface area contributed by atoms with Gasteiger partial charge in [-0.3, -0.25) is 9.59 Å². The predicted molar refractivity (Wildman–Crippen MR) is 161 cm³/mol. The van der Waals surface area contributed by atoms with E-state index in [2.05, 4.69) is 18.5 Å². The van der Waals surface area contributed by atoms with Crippen LogP contribution in [-0.4, -0.2) is 47.9 Å². The Balaban J connectivity index is 2.83. The summed E-state index contributed by atoms with van der Waals surface area (Å²) in [6.45, 7) is 9.25. The van der Waals surface area contributed by atoms with Crippen LogP contribution in [0.25, 0.3) is 0 Å². The fourth-order valence-electron chi connectivity index (χ4n) is 5.62. The zero-order chi connectivity index (χ0) is 28.7. The summed E-state index contributed by atoms with van der Waals surface area (Å²) in [7, 11) is 1.34. The summed E-state index contributed by atoms with van der Waals surface area (Å²) < 4.78 is 5.02. The van der Waals surface area contributed by atoms with Crippen molar-refractivity contribution in [1.82, 2.24) is 10.2 Å². The number of ether oxygens (including phenoxy) is 1. The molecule has 0 aromatic rings. The van der Waals surface area contributed by atoms with Gasteiger partial charge >= 0.3 is 5.97 Å². The van der Waals surface area contributed by atoms with Gasteiger partial charge in [0.15, 0.2) is 0 Å². The number of esters is 1.